The van der Waals surface area contributed by atoms with Crippen LogP contribution in [0.5, 0.6) is 11.6 Å². The minimum atomic E-state index is -4.95. The molecule has 0 saturated heterocycles. The third-order valence-corrected chi connectivity index (χ3v) is 5.50. The predicted octanol–water partition coefficient (Wildman–Crippen LogP) is 6.10. The van der Waals surface area contributed by atoms with Crippen LogP contribution in [0, 0.1) is 0 Å². The highest BCUT2D eigenvalue weighted by atomic mass is 19.4. The van der Waals surface area contributed by atoms with Gasteiger partial charge in [-0.25, -0.2) is 19.6 Å². The minimum Gasteiger partial charge on any atom is -0.481 e. The van der Waals surface area contributed by atoms with Crippen molar-refractivity contribution in [2.24, 2.45) is 0 Å². The number of anilines is 1. The van der Waals surface area contributed by atoms with Gasteiger partial charge in [-0.3, -0.25) is 5.32 Å². The number of pyridine rings is 2. The highest BCUT2D eigenvalue weighted by molar-refractivity contribution is 6.09. The lowest BCUT2D eigenvalue weighted by atomic mass is 10.0. The van der Waals surface area contributed by atoms with Gasteiger partial charge in [0.05, 0.1) is 7.11 Å². The highest BCUT2D eigenvalue weighted by Crippen LogP contribution is 2.41. The van der Waals surface area contributed by atoms with Gasteiger partial charge in [0.1, 0.15) is 22.9 Å². The van der Waals surface area contributed by atoms with Gasteiger partial charge in [0.15, 0.2) is 0 Å². The molecule has 10 nitrogen and oxygen atoms in total. The molecule has 3 aromatic heterocycles. The van der Waals surface area contributed by atoms with E-state index in [4.69, 9.17) is 9.47 Å². The largest absolute Gasteiger partial charge is 0.573 e. The molecule has 0 atom stereocenters. The molecular weight excluding hydrogens is 533 g/mol. The number of aromatic carboxylic acids is 1. The number of halogens is 3. The lowest BCUT2D eigenvalue weighted by Crippen LogP contribution is -2.27. The van der Waals surface area contributed by atoms with Crippen LogP contribution >= 0.6 is 0 Å². The van der Waals surface area contributed by atoms with Crippen molar-refractivity contribution in [2.45, 2.75) is 39.3 Å². The van der Waals surface area contributed by atoms with Gasteiger partial charge in [-0.2, -0.15) is 0 Å². The number of benzene rings is 1. The van der Waals surface area contributed by atoms with Crippen LogP contribution in [0.2, 0.25) is 0 Å². The van der Waals surface area contributed by atoms with Crippen molar-refractivity contribution in [1.29, 1.82) is 0 Å². The topological polar surface area (TPSA) is 125 Å². The van der Waals surface area contributed by atoms with Gasteiger partial charge in [0.2, 0.25) is 5.88 Å². The van der Waals surface area contributed by atoms with Crippen LogP contribution in [-0.2, 0) is 11.3 Å². The number of nitrogens with one attached hydrogen (secondary N) is 1. The second kappa shape index (κ2) is 10.8. The quantitative estimate of drug-likeness (QED) is 0.279. The van der Waals surface area contributed by atoms with E-state index < -0.39 is 29.8 Å². The SMILES string of the molecule is COc1ncccc1-c1c(C(=O)O)n(Cc2ccnc(NC(=O)OC(C)(C)C)c2)c2ccc(OC(F)(F)F)cc12. The van der Waals surface area contributed by atoms with E-state index in [-0.39, 0.29) is 40.4 Å². The number of methoxy groups -OCH3 is 1. The number of hydrogen-bond acceptors (Lipinski definition) is 7. The summed E-state index contributed by atoms with van der Waals surface area (Å²) in [5.41, 5.74) is 0.259. The Balaban J connectivity index is 1.87. The number of carbonyl (C=O) groups is 2. The molecule has 4 rings (SSSR count). The van der Waals surface area contributed by atoms with Gasteiger partial charge in [0.25, 0.3) is 0 Å². The Kier molecular flexibility index (Phi) is 7.58. The van der Waals surface area contributed by atoms with Crippen LogP contribution in [0.3, 0.4) is 0 Å². The molecule has 0 aliphatic heterocycles. The molecule has 0 saturated carbocycles. The smallest absolute Gasteiger partial charge is 0.481 e. The number of fused-ring (bicyclic) bond motifs is 1. The van der Waals surface area contributed by atoms with Crippen LogP contribution in [0.4, 0.5) is 23.8 Å². The van der Waals surface area contributed by atoms with Gasteiger partial charge in [0, 0.05) is 41.0 Å². The zero-order chi connectivity index (χ0) is 29.2. The zero-order valence-electron chi connectivity index (χ0n) is 21.9. The number of amides is 1. The summed E-state index contributed by atoms with van der Waals surface area (Å²) in [6, 6.07) is 9.83. The maximum atomic E-state index is 13.0. The number of hydrogen-bond donors (Lipinski definition) is 2. The normalized spacial score (nSPS) is 11.8. The average Bonchev–Trinajstić information content (AvgIpc) is 3.15. The van der Waals surface area contributed by atoms with E-state index >= 15 is 0 Å². The second-order valence-corrected chi connectivity index (χ2v) is 9.58. The number of alkyl halides is 3. The van der Waals surface area contributed by atoms with Crippen molar-refractivity contribution < 1.29 is 42.1 Å². The summed E-state index contributed by atoms with van der Waals surface area (Å²) in [6.07, 6.45) is -2.81. The fourth-order valence-electron chi connectivity index (χ4n) is 4.17. The lowest BCUT2D eigenvalue weighted by molar-refractivity contribution is -0.274. The van der Waals surface area contributed by atoms with E-state index in [0.717, 1.165) is 12.1 Å². The van der Waals surface area contributed by atoms with Gasteiger partial charge in [-0.1, -0.05) is 0 Å². The first-order valence-electron chi connectivity index (χ1n) is 11.9. The molecule has 0 fully saturated rings. The predicted molar refractivity (Wildman–Crippen MR) is 139 cm³/mol. The summed E-state index contributed by atoms with van der Waals surface area (Å²) >= 11 is 0. The van der Waals surface area contributed by atoms with E-state index in [1.54, 1.807) is 39.0 Å². The van der Waals surface area contributed by atoms with Crippen molar-refractivity contribution in [1.82, 2.24) is 14.5 Å². The van der Waals surface area contributed by atoms with E-state index in [9.17, 15) is 27.9 Å². The molecule has 1 aromatic carbocycles. The molecule has 40 heavy (non-hydrogen) atoms. The maximum Gasteiger partial charge on any atom is 0.573 e. The van der Waals surface area contributed by atoms with Crippen LogP contribution < -0.4 is 14.8 Å². The Hall–Kier alpha value is -4.81. The van der Waals surface area contributed by atoms with Gasteiger partial charge >= 0.3 is 18.4 Å². The van der Waals surface area contributed by atoms with Crippen LogP contribution in [0.15, 0.2) is 54.9 Å². The molecule has 13 heteroatoms. The number of carboxylic acid groups (broad SMARTS) is 1. The Morgan fingerprint density at radius 1 is 1.05 bits per heavy atom. The molecule has 2 N–H and O–H groups in total. The molecule has 0 aliphatic carbocycles. The summed E-state index contributed by atoms with van der Waals surface area (Å²) in [5, 5.41) is 13.0. The summed E-state index contributed by atoms with van der Waals surface area (Å²) in [5.74, 6) is -1.61. The first-order chi connectivity index (χ1) is 18.8. The number of nitrogens with zero attached hydrogens (tertiary/aromatic N) is 3. The minimum absolute atomic E-state index is 0.0360. The van der Waals surface area contributed by atoms with Crippen LogP contribution in [-0.4, -0.2) is 50.8 Å². The summed E-state index contributed by atoms with van der Waals surface area (Å²) < 4.78 is 55.1. The lowest BCUT2D eigenvalue weighted by Gasteiger charge is -2.19. The van der Waals surface area contributed by atoms with Crippen molar-refractivity contribution >= 4 is 28.8 Å². The fraction of sp³-hybridized carbons (Fsp3) is 0.259. The monoisotopic (exact) mass is 558 g/mol. The molecular formula is C27H25F3N4O6. The summed E-state index contributed by atoms with van der Waals surface area (Å²) in [4.78, 5) is 33.1. The molecule has 0 radical (unpaired) electrons. The number of aromatic nitrogens is 3. The van der Waals surface area contributed by atoms with E-state index in [0.29, 0.717) is 11.1 Å². The zero-order valence-corrected chi connectivity index (χ0v) is 21.9. The number of carbonyl (C=O) groups excluding carboxylic acids is 1. The highest BCUT2D eigenvalue weighted by Gasteiger charge is 2.32. The molecule has 210 valence electrons. The Labute approximate surface area is 226 Å². The van der Waals surface area contributed by atoms with E-state index in [1.165, 1.54) is 36.2 Å². The Bertz CT molecular complexity index is 1580. The number of ether oxygens (including phenoxy) is 3. The molecule has 0 unspecified atom stereocenters. The van der Waals surface area contributed by atoms with Gasteiger partial charge in [-0.15, -0.1) is 13.2 Å². The van der Waals surface area contributed by atoms with E-state index in [2.05, 4.69) is 20.0 Å². The molecule has 0 aliphatic rings. The summed E-state index contributed by atoms with van der Waals surface area (Å²) in [6.45, 7) is 5.09. The van der Waals surface area contributed by atoms with Gasteiger partial charge in [-0.05, 0) is 68.8 Å². The van der Waals surface area contributed by atoms with Crippen molar-refractivity contribution in [3.05, 3.63) is 66.1 Å². The first-order valence-corrected chi connectivity index (χ1v) is 11.9. The summed E-state index contributed by atoms with van der Waals surface area (Å²) in [7, 11) is 1.35. The third-order valence-electron chi connectivity index (χ3n) is 5.50. The molecule has 0 bridgehead atoms. The Morgan fingerprint density at radius 2 is 1.80 bits per heavy atom. The third kappa shape index (κ3) is 6.42. The van der Waals surface area contributed by atoms with Crippen LogP contribution in [0.25, 0.3) is 22.0 Å². The maximum absolute atomic E-state index is 13.0. The second-order valence-electron chi connectivity index (χ2n) is 9.58. The van der Waals surface area contributed by atoms with Crippen molar-refractivity contribution in [3.8, 4) is 22.8 Å². The first kappa shape index (κ1) is 28.2. The fourth-order valence-corrected chi connectivity index (χ4v) is 4.17. The standard InChI is InChI=1S/C27H25F3N4O6/c1-26(2,3)40-25(37)33-20-12-15(9-11-31-20)14-34-19-8-7-16(39-27(28,29)30)13-18(19)21(22(34)24(35)36)17-6-5-10-32-23(17)38-4/h5-13H,14H2,1-4H3,(H,35,36)(H,31,33,37). The van der Waals surface area contributed by atoms with Crippen molar-refractivity contribution in [3.63, 3.8) is 0 Å². The number of rotatable bonds is 7. The van der Waals surface area contributed by atoms with Crippen LogP contribution in [0.1, 0.15) is 36.8 Å². The average molecular weight is 559 g/mol. The Morgan fingerprint density at radius 3 is 2.45 bits per heavy atom. The van der Waals surface area contributed by atoms with E-state index in [1.807, 2.05) is 0 Å². The number of carboxylic acids is 1. The molecule has 4 aromatic rings. The molecule has 3 heterocycles. The van der Waals surface area contributed by atoms with Crippen molar-refractivity contribution in [2.75, 3.05) is 12.4 Å². The molecule has 0 spiro atoms. The molecule has 1 amide bonds. The van der Waals surface area contributed by atoms with Gasteiger partial charge < -0.3 is 23.9 Å².